The number of carbonyl (C=O) groups is 2. The van der Waals surface area contributed by atoms with Gasteiger partial charge < -0.3 is 18.9 Å². The number of benzene rings is 1. The normalized spacial score (nSPS) is 11.6. The number of nitro groups is 1. The van der Waals surface area contributed by atoms with Crippen molar-refractivity contribution >= 4 is 28.9 Å². The van der Waals surface area contributed by atoms with Crippen LogP contribution in [0.15, 0.2) is 12.1 Å². The number of nitrogens with zero attached hydrogens (tertiary/aromatic N) is 4. The summed E-state index contributed by atoms with van der Waals surface area (Å²) in [5.74, 6) is 0.0498. The molecular weight excluding hydrogens is 436 g/mol. The fourth-order valence-electron chi connectivity index (χ4n) is 2.68. The molecule has 0 aliphatic heterocycles. The van der Waals surface area contributed by atoms with E-state index in [-0.39, 0.29) is 34.0 Å². The summed E-state index contributed by atoms with van der Waals surface area (Å²) in [5.41, 5.74) is -1.67. The minimum Gasteiger partial charge on any atom is -0.477 e. The number of nitro benzene ring substituents is 1. The number of rotatable bonds is 5. The molecule has 0 aliphatic rings. The van der Waals surface area contributed by atoms with E-state index in [1.165, 1.54) is 26.4 Å². The summed E-state index contributed by atoms with van der Waals surface area (Å²) in [6.45, 7) is 9.43. The molecule has 0 fully saturated rings. The summed E-state index contributed by atoms with van der Waals surface area (Å²) in [4.78, 5) is 45.9. The van der Waals surface area contributed by atoms with Crippen LogP contribution in [0.5, 0.6) is 11.8 Å². The van der Waals surface area contributed by atoms with E-state index >= 15 is 0 Å². The van der Waals surface area contributed by atoms with Crippen molar-refractivity contribution in [1.29, 1.82) is 0 Å². The van der Waals surface area contributed by atoms with Crippen LogP contribution in [0.25, 0.3) is 11.0 Å². The van der Waals surface area contributed by atoms with E-state index in [0.29, 0.717) is 4.90 Å². The third-order valence-corrected chi connectivity index (χ3v) is 3.93. The third-order valence-electron chi connectivity index (χ3n) is 3.93. The van der Waals surface area contributed by atoms with Gasteiger partial charge in [-0.2, -0.15) is 0 Å². The Hall–Kier alpha value is -3.70. The average Bonchev–Trinajstić information content (AvgIpc) is 2.67. The van der Waals surface area contributed by atoms with Gasteiger partial charge >= 0.3 is 12.2 Å². The topological polar surface area (TPSA) is 143 Å². The van der Waals surface area contributed by atoms with Crippen molar-refractivity contribution in [2.75, 3.05) is 14.2 Å². The summed E-state index contributed by atoms with van der Waals surface area (Å²) < 4.78 is 21.0. The number of hydrogen-bond acceptors (Lipinski definition) is 10. The molecule has 1 heterocycles. The zero-order chi connectivity index (χ0) is 25.1. The highest BCUT2D eigenvalue weighted by molar-refractivity contribution is 5.89. The Labute approximate surface area is 190 Å². The molecule has 1 aromatic carbocycles. The predicted molar refractivity (Wildman–Crippen MR) is 117 cm³/mol. The number of imide groups is 1. The molecule has 0 spiro atoms. The fourth-order valence-corrected chi connectivity index (χ4v) is 2.68. The lowest BCUT2D eigenvalue weighted by Crippen LogP contribution is -2.43. The number of amides is 2. The van der Waals surface area contributed by atoms with Crippen LogP contribution in [-0.2, 0) is 16.0 Å². The summed E-state index contributed by atoms with van der Waals surface area (Å²) in [5, 5.41) is 11.5. The van der Waals surface area contributed by atoms with E-state index in [1.54, 1.807) is 41.5 Å². The first-order valence-electron chi connectivity index (χ1n) is 9.95. The summed E-state index contributed by atoms with van der Waals surface area (Å²) in [6, 6.07) is 2.41. The highest BCUT2D eigenvalue weighted by Gasteiger charge is 2.32. The Balaban J connectivity index is 2.66. The van der Waals surface area contributed by atoms with Gasteiger partial charge in [0.2, 0.25) is 0 Å². The van der Waals surface area contributed by atoms with Gasteiger partial charge in [0.05, 0.1) is 31.2 Å². The van der Waals surface area contributed by atoms with Crippen molar-refractivity contribution in [3.63, 3.8) is 0 Å². The number of methoxy groups -OCH3 is 2. The Morgan fingerprint density at radius 3 is 1.85 bits per heavy atom. The Morgan fingerprint density at radius 2 is 1.42 bits per heavy atom. The average molecular weight is 464 g/mol. The van der Waals surface area contributed by atoms with Crippen molar-refractivity contribution in [2.24, 2.45) is 0 Å². The maximum Gasteiger partial charge on any atom is 0.420 e. The van der Waals surface area contributed by atoms with Crippen LogP contribution < -0.4 is 9.47 Å². The van der Waals surface area contributed by atoms with Crippen LogP contribution in [0.3, 0.4) is 0 Å². The van der Waals surface area contributed by atoms with Gasteiger partial charge in [-0.05, 0) is 41.5 Å². The van der Waals surface area contributed by atoms with Crippen molar-refractivity contribution < 1.29 is 33.5 Å². The largest absolute Gasteiger partial charge is 0.477 e. The summed E-state index contributed by atoms with van der Waals surface area (Å²) in [7, 11) is 2.71. The standard InChI is InChI=1S/C21H28N4O8/c1-20(2,3)32-18(26)24(19(27)33-21(4,5)6)11-12-9-13(25(28)29)10-14-15(12)23-17(31-8)16(22-14)30-7/h9-10H,11H2,1-8H3. The lowest BCUT2D eigenvalue weighted by molar-refractivity contribution is -0.384. The number of hydrogen-bond donors (Lipinski definition) is 0. The Bertz CT molecular complexity index is 1040. The molecule has 2 rings (SSSR count). The van der Waals surface area contributed by atoms with E-state index < -0.39 is 34.9 Å². The third kappa shape index (κ3) is 6.64. The summed E-state index contributed by atoms with van der Waals surface area (Å²) >= 11 is 0. The molecule has 0 bridgehead atoms. The molecule has 12 heteroatoms. The molecular formula is C21H28N4O8. The molecule has 0 N–H and O–H groups in total. The first-order chi connectivity index (χ1) is 15.1. The van der Waals surface area contributed by atoms with Crippen LogP contribution in [0.4, 0.5) is 15.3 Å². The Kier molecular flexibility index (Phi) is 7.30. The molecule has 180 valence electrons. The van der Waals surface area contributed by atoms with Crippen LogP contribution in [-0.4, -0.2) is 57.4 Å². The van der Waals surface area contributed by atoms with E-state index in [4.69, 9.17) is 18.9 Å². The van der Waals surface area contributed by atoms with Crippen molar-refractivity contribution in [2.45, 2.75) is 59.3 Å². The van der Waals surface area contributed by atoms with Gasteiger partial charge in [0.1, 0.15) is 16.7 Å². The molecule has 0 saturated heterocycles. The van der Waals surface area contributed by atoms with Gasteiger partial charge in [0, 0.05) is 17.7 Å². The smallest absolute Gasteiger partial charge is 0.420 e. The maximum atomic E-state index is 12.9. The van der Waals surface area contributed by atoms with Gasteiger partial charge in [-0.15, -0.1) is 0 Å². The first kappa shape index (κ1) is 25.6. The quantitative estimate of drug-likeness (QED) is 0.466. The van der Waals surface area contributed by atoms with Crippen LogP contribution in [0.1, 0.15) is 47.1 Å². The highest BCUT2D eigenvalue weighted by Crippen LogP contribution is 2.31. The molecule has 0 radical (unpaired) electrons. The van der Waals surface area contributed by atoms with Crippen LogP contribution >= 0.6 is 0 Å². The highest BCUT2D eigenvalue weighted by atomic mass is 16.6. The predicted octanol–water partition coefficient (Wildman–Crippen LogP) is 4.23. The molecule has 0 saturated carbocycles. The van der Waals surface area contributed by atoms with Gasteiger partial charge in [-0.1, -0.05) is 0 Å². The fraction of sp³-hybridized carbons (Fsp3) is 0.524. The van der Waals surface area contributed by atoms with Crippen molar-refractivity contribution in [1.82, 2.24) is 14.9 Å². The number of carbonyl (C=O) groups excluding carboxylic acids is 2. The van der Waals surface area contributed by atoms with Crippen LogP contribution in [0.2, 0.25) is 0 Å². The van der Waals surface area contributed by atoms with Gasteiger partial charge in [0.25, 0.3) is 17.4 Å². The molecule has 33 heavy (non-hydrogen) atoms. The minimum absolute atomic E-state index is 0.0209. The molecule has 2 aromatic rings. The monoisotopic (exact) mass is 464 g/mol. The molecule has 2 amide bonds. The van der Waals surface area contributed by atoms with Crippen molar-refractivity contribution in [3.05, 3.63) is 27.8 Å². The van der Waals surface area contributed by atoms with E-state index in [9.17, 15) is 19.7 Å². The lowest BCUT2D eigenvalue weighted by atomic mass is 10.1. The van der Waals surface area contributed by atoms with E-state index in [2.05, 4.69) is 9.97 Å². The molecule has 0 atom stereocenters. The first-order valence-corrected chi connectivity index (χ1v) is 9.95. The number of aromatic nitrogens is 2. The second-order valence-electron chi connectivity index (χ2n) is 9.02. The molecule has 0 aliphatic carbocycles. The Morgan fingerprint density at radius 1 is 0.939 bits per heavy atom. The molecule has 1 aromatic heterocycles. The number of non-ortho nitro benzene ring substituents is 1. The van der Waals surface area contributed by atoms with E-state index in [0.717, 1.165) is 0 Å². The zero-order valence-corrected chi connectivity index (χ0v) is 19.9. The number of fused-ring (bicyclic) bond motifs is 1. The minimum atomic E-state index is -0.982. The SMILES string of the molecule is COc1nc2cc([N+](=O)[O-])cc(CN(C(=O)OC(C)(C)C)C(=O)OC(C)(C)C)c2nc1OC. The molecule has 0 unspecified atom stereocenters. The zero-order valence-electron chi connectivity index (χ0n) is 19.9. The van der Waals surface area contributed by atoms with Gasteiger partial charge in [-0.25, -0.2) is 24.5 Å². The van der Waals surface area contributed by atoms with Crippen molar-refractivity contribution in [3.8, 4) is 11.8 Å². The van der Waals surface area contributed by atoms with Gasteiger partial charge in [-0.3, -0.25) is 10.1 Å². The number of ether oxygens (including phenoxy) is 4. The molecule has 12 nitrogen and oxygen atoms in total. The van der Waals surface area contributed by atoms with E-state index in [1.807, 2.05) is 0 Å². The van der Waals surface area contributed by atoms with Crippen LogP contribution in [0, 0.1) is 10.1 Å². The second kappa shape index (κ2) is 9.43. The summed E-state index contributed by atoms with van der Waals surface area (Å²) in [6.07, 6.45) is -1.96. The van der Waals surface area contributed by atoms with Gasteiger partial charge in [0.15, 0.2) is 0 Å². The maximum absolute atomic E-state index is 12.9. The lowest BCUT2D eigenvalue weighted by Gasteiger charge is -2.28. The second-order valence-corrected chi connectivity index (χ2v) is 9.02.